The standard InChI is InChI=1S/C27H30FN5O5/c1-17(34)19-5-7-21(8-6-19)30-27(38)32-14-12-25(36)33-22(9-10-23(29)35)26(37)31(16-24(32)33)13-11-18-3-2-4-20(28)15-18/h2-8,15,22,24H,9-14,16H2,1H3,(H2,29,35)(H,30,38)/t22-,24+/m0/s1. The van der Waals surface area contributed by atoms with E-state index in [1.54, 1.807) is 41.3 Å². The van der Waals surface area contributed by atoms with E-state index < -0.39 is 24.1 Å². The van der Waals surface area contributed by atoms with Crippen LogP contribution in [-0.2, 0) is 20.8 Å². The molecule has 200 valence electrons. The molecule has 0 unspecified atom stereocenters. The lowest BCUT2D eigenvalue weighted by atomic mass is 9.99. The minimum atomic E-state index is -0.952. The second-order valence-corrected chi connectivity index (χ2v) is 9.47. The highest BCUT2D eigenvalue weighted by atomic mass is 19.1. The molecule has 2 fully saturated rings. The first-order valence-corrected chi connectivity index (χ1v) is 12.5. The van der Waals surface area contributed by atoms with Crippen LogP contribution in [0.15, 0.2) is 48.5 Å². The molecule has 0 bridgehead atoms. The topological polar surface area (TPSA) is 133 Å². The van der Waals surface area contributed by atoms with Gasteiger partial charge in [-0.05, 0) is 61.7 Å². The number of halogens is 1. The molecule has 2 heterocycles. The molecule has 2 aliphatic rings. The fourth-order valence-corrected chi connectivity index (χ4v) is 4.92. The maximum absolute atomic E-state index is 13.7. The van der Waals surface area contributed by atoms with Crippen LogP contribution in [-0.4, -0.2) is 76.1 Å². The van der Waals surface area contributed by atoms with E-state index in [2.05, 4.69) is 5.32 Å². The first kappa shape index (κ1) is 26.8. The Morgan fingerprint density at radius 3 is 2.50 bits per heavy atom. The summed E-state index contributed by atoms with van der Waals surface area (Å²) in [5.74, 6) is -1.69. The van der Waals surface area contributed by atoms with Crippen LogP contribution in [0.25, 0.3) is 0 Å². The van der Waals surface area contributed by atoms with Crippen LogP contribution in [0.3, 0.4) is 0 Å². The Kier molecular flexibility index (Phi) is 8.04. The minimum absolute atomic E-state index is 0.0246. The third-order valence-corrected chi connectivity index (χ3v) is 6.88. The van der Waals surface area contributed by atoms with Gasteiger partial charge in [-0.25, -0.2) is 9.18 Å². The lowest BCUT2D eigenvalue weighted by Crippen LogP contribution is -2.71. The molecule has 0 radical (unpaired) electrons. The van der Waals surface area contributed by atoms with Gasteiger partial charge < -0.3 is 25.8 Å². The number of Topliss-reactive ketones (excluding diaryl/α,β-unsaturated/α-hetero) is 1. The van der Waals surface area contributed by atoms with E-state index in [1.165, 1.54) is 28.9 Å². The van der Waals surface area contributed by atoms with Crippen LogP contribution in [0.4, 0.5) is 14.9 Å². The quantitative estimate of drug-likeness (QED) is 0.512. The number of rotatable bonds is 8. The van der Waals surface area contributed by atoms with Crippen LogP contribution in [0.1, 0.15) is 42.1 Å². The van der Waals surface area contributed by atoms with Crippen LogP contribution in [0, 0.1) is 5.82 Å². The Bertz CT molecular complexity index is 1250. The molecular weight excluding hydrogens is 493 g/mol. The van der Waals surface area contributed by atoms with Crippen molar-refractivity contribution in [2.24, 2.45) is 5.73 Å². The van der Waals surface area contributed by atoms with E-state index in [1.807, 2.05) is 0 Å². The van der Waals surface area contributed by atoms with E-state index >= 15 is 0 Å². The fraction of sp³-hybridized carbons (Fsp3) is 0.370. The Balaban J connectivity index is 1.56. The maximum atomic E-state index is 13.7. The highest BCUT2D eigenvalue weighted by Gasteiger charge is 2.48. The minimum Gasteiger partial charge on any atom is -0.370 e. The predicted octanol–water partition coefficient (Wildman–Crippen LogP) is 2.14. The van der Waals surface area contributed by atoms with Crippen molar-refractivity contribution in [3.8, 4) is 0 Å². The lowest BCUT2D eigenvalue weighted by molar-refractivity contribution is -0.167. The molecule has 0 saturated carbocycles. The van der Waals surface area contributed by atoms with Gasteiger partial charge in [0, 0.05) is 37.2 Å². The lowest BCUT2D eigenvalue weighted by Gasteiger charge is -2.52. The molecule has 2 aliphatic heterocycles. The van der Waals surface area contributed by atoms with Gasteiger partial charge in [-0.3, -0.25) is 19.2 Å². The van der Waals surface area contributed by atoms with Gasteiger partial charge in [0.05, 0.1) is 6.54 Å². The normalized spacial score (nSPS) is 19.3. The van der Waals surface area contributed by atoms with Gasteiger partial charge in [-0.15, -0.1) is 0 Å². The number of hydrogen-bond donors (Lipinski definition) is 2. The third-order valence-electron chi connectivity index (χ3n) is 6.88. The summed E-state index contributed by atoms with van der Waals surface area (Å²) in [6, 6.07) is 11.1. The fourth-order valence-electron chi connectivity index (χ4n) is 4.92. The molecule has 0 aromatic heterocycles. The average Bonchev–Trinajstić information content (AvgIpc) is 2.87. The molecule has 2 saturated heterocycles. The number of piperazine rings is 1. The monoisotopic (exact) mass is 523 g/mol. The van der Waals surface area contributed by atoms with Crippen molar-refractivity contribution in [1.82, 2.24) is 14.7 Å². The Labute approximate surface area is 219 Å². The van der Waals surface area contributed by atoms with Crippen LogP contribution >= 0.6 is 0 Å². The Hall–Kier alpha value is -4.28. The average molecular weight is 524 g/mol. The van der Waals surface area contributed by atoms with Gasteiger partial charge in [0.1, 0.15) is 18.0 Å². The summed E-state index contributed by atoms with van der Waals surface area (Å²) in [4.78, 5) is 67.3. The van der Waals surface area contributed by atoms with Gasteiger partial charge in [0.2, 0.25) is 17.7 Å². The molecule has 2 atom stereocenters. The van der Waals surface area contributed by atoms with Crippen molar-refractivity contribution in [3.63, 3.8) is 0 Å². The van der Waals surface area contributed by atoms with Gasteiger partial charge >= 0.3 is 6.03 Å². The van der Waals surface area contributed by atoms with E-state index in [9.17, 15) is 28.4 Å². The van der Waals surface area contributed by atoms with E-state index in [4.69, 9.17) is 5.73 Å². The number of urea groups is 1. The van der Waals surface area contributed by atoms with E-state index in [0.29, 0.717) is 23.2 Å². The molecule has 2 aromatic rings. The van der Waals surface area contributed by atoms with Crippen molar-refractivity contribution < 1.29 is 28.4 Å². The zero-order chi connectivity index (χ0) is 27.4. The second-order valence-electron chi connectivity index (χ2n) is 9.47. The highest BCUT2D eigenvalue weighted by Crippen LogP contribution is 2.28. The van der Waals surface area contributed by atoms with Crippen molar-refractivity contribution in [1.29, 1.82) is 0 Å². The first-order valence-electron chi connectivity index (χ1n) is 12.5. The number of nitrogens with one attached hydrogen (secondary N) is 1. The Morgan fingerprint density at radius 1 is 1.11 bits per heavy atom. The molecule has 4 rings (SSSR count). The molecular formula is C27H30FN5O5. The number of nitrogens with zero attached hydrogens (tertiary/aromatic N) is 3. The van der Waals surface area contributed by atoms with Gasteiger partial charge in [0.25, 0.3) is 0 Å². The molecule has 11 heteroatoms. The van der Waals surface area contributed by atoms with Gasteiger partial charge in [0.15, 0.2) is 5.78 Å². The van der Waals surface area contributed by atoms with Crippen molar-refractivity contribution in [2.45, 2.75) is 44.8 Å². The zero-order valence-electron chi connectivity index (χ0n) is 21.1. The number of carbonyl (C=O) groups excluding carboxylic acids is 5. The Morgan fingerprint density at radius 2 is 1.84 bits per heavy atom. The molecule has 10 nitrogen and oxygen atoms in total. The summed E-state index contributed by atoms with van der Waals surface area (Å²) in [5.41, 5.74) is 7.02. The number of benzene rings is 2. The van der Waals surface area contributed by atoms with Crippen molar-refractivity contribution in [2.75, 3.05) is 25.0 Å². The van der Waals surface area contributed by atoms with Crippen LogP contribution < -0.4 is 11.1 Å². The molecule has 0 spiro atoms. The summed E-state index contributed by atoms with van der Waals surface area (Å²) in [6.45, 7) is 1.91. The zero-order valence-corrected chi connectivity index (χ0v) is 21.1. The SMILES string of the molecule is CC(=O)c1ccc(NC(=O)N2CCC(=O)N3[C@@H]2CN(CCc2cccc(F)c2)C(=O)[C@@H]3CCC(N)=O)cc1. The van der Waals surface area contributed by atoms with Gasteiger partial charge in [-0.1, -0.05) is 12.1 Å². The molecule has 0 aliphatic carbocycles. The third kappa shape index (κ3) is 5.99. The summed E-state index contributed by atoms with van der Waals surface area (Å²) in [6.07, 6.45) is -0.414. The number of anilines is 1. The molecule has 2 aromatic carbocycles. The summed E-state index contributed by atoms with van der Waals surface area (Å²) < 4.78 is 13.7. The number of fused-ring (bicyclic) bond motifs is 1. The van der Waals surface area contributed by atoms with E-state index in [0.717, 1.165) is 0 Å². The smallest absolute Gasteiger partial charge is 0.323 e. The largest absolute Gasteiger partial charge is 0.370 e. The van der Waals surface area contributed by atoms with E-state index in [-0.39, 0.29) is 62.3 Å². The number of hydrogen-bond acceptors (Lipinski definition) is 5. The number of amides is 5. The maximum Gasteiger partial charge on any atom is 0.323 e. The van der Waals surface area contributed by atoms with Crippen LogP contribution in [0.2, 0.25) is 0 Å². The molecule has 38 heavy (non-hydrogen) atoms. The summed E-state index contributed by atoms with van der Waals surface area (Å²) in [7, 11) is 0. The van der Waals surface area contributed by atoms with Crippen molar-refractivity contribution >= 4 is 35.2 Å². The second kappa shape index (κ2) is 11.4. The van der Waals surface area contributed by atoms with Crippen LogP contribution in [0.5, 0.6) is 0 Å². The summed E-state index contributed by atoms with van der Waals surface area (Å²) >= 11 is 0. The molecule has 5 amide bonds. The number of primary amides is 1. The highest BCUT2D eigenvalue weighted by molar-refractivity contribution is 5.96. The molecule has 3 N–H and O–H groups in total. The number of nitrogens with two attached hydrogens (primary N) is 1. The van der Waals surface area contributed by atoms with Gasteiger partial charge in [-0.2, -0.15) is 0 Å². The number of ketones is 1. The predicted molar refractivity (Wildman–Crippen MR) is 136 cm³/mol. The first-order chi connectivity index (χ1) is 18.1. The summed E-state index contributed by atoms with van der Waals surface area (Å²) in [5, 5.41) is 2.80. The van der Waals surface area contributed by atoms with Crippen molar-refractivity contribution in [3.05, 3.63) is 65.5 Å². The number of carbonyl (C=O) groups is 5.